The summed E-state index contributed by atoms with van der Waals surface area (Å²) >= 11 is 0. The van der Waals surface area contributed by atoms with E-state index in [0.717, 1.165) is 0 Å². The molecule has 0 spiro atoms. The van der Waals surface area contributed by atoms with E-state index in [9.17, 15) is 0 Å². The van der Waals surface area contributed by atoms with E-state index in [1.54, 1.807) is 14.2 Å². The summed E-state index contributed by atoms with van der Waals surface area (Å²) in [6.07, 6.45) is 7.93. The average Bonchev–Trinajstić information content (AvgIpc) is 2.06. The zero-order valence-electron chi connectivity index (χ0n) is 7.20. The normalized spacial score (nSPS) is 27.4. The van der Waals surface area contributed by atoms with Crippen LogP contribution in [-0.2, 0) is 9.47 Å². The van der Waals surface area contributed by atoms with Crippen LogP contribution in [0.25, 0.3) is 0 Å². The zero-order chi connectivity index (χ0) is 8.32. The van der Waals surface area contributed by atoms with Crippen LogP contribution in [0.2, 0.25) is 0 Å². The van der Waals surface area contributed by atoms with Crippen molar-refractivity contribution >= 4 is 0 Å². The van der Waals surface area contributed by atoms with Crippen molar-refractivity contribution < 1.29 is 9.47 Å². The first kappa shape index (κ1) is 8.50. The summed E-state index contributed by atoms with van der Waals surface area (Å²) in [5, 5.41) is 0. The number of ether oxygens (including phenoxy) is 2. The van der Waals surface area contributed by atoms with Gasteiger partial charge in [-0.1, -0.05) is 25.2 Å². The van der Waals surface area contributed by atoms with E-state index in [2.05, 4.69) is 13.0 Å². The first-order valence-electron chi connectivity index (χ1n) is 3.71. The molecule has 0 N–H and O–H groups in total. The summed E-state index contributed by atoms with van der Waals surface area (Å²) in [6, 6.07) is 0. The van der Waals surface area contributed by atoms with Crippen molar-refractivity contribution in [3.05, 3.63) is 24.3 Å². The third-order valence-electron chi connectivity index (χ3n) is 2.11. The van der Waals surface area contributed by atoms with Crippen LogP contribution in [0.4, 0.5) is 0 Å². The minimum Gasteiger partial charge on any atom is -0.349 e. The first-order chi connectivity index (χ1) is 5.25. The van der Waals surface area contributed by atoms with Gasteiger partial charge >= 0.3 is 0 Å². The summed E-state index contributed by atoms with van der Waals surface area (Å²) in [5.74, 6) is -0.281. The molecule has 0 aromatic carbocycles. The summed E-state index contributed by atoms with van der Waals surface area (Å²) in [4.78, 5) is 0. The van der Waals surface area contributed by atoms with Gasteiger partial charge in [-0.15, -0.1) is 0 Å². The highest BCUT2D eigenvalue weighted by molar-refractivity contribution is 5.18. The van der Waals surface area contributed by atoms with Gasteiger partial charge in [0.2, 0.25) is 0 Å². The van der Waals surface area contributed by atoms with Crippen LogP contribution < -0.4 is 0 Å². The summed E-state index contributed by atoms with van der Waals surface area (Å²) in [6.45, 7) is 2.06. The van der Waals surface area contributed by atoms with Crippen LogP contribution in [-0.4, -0.2) is 20.0 Å². The Morgan fingerprint density at radius 3 is 2.18 bits per heavy atom. The Bertz CT molecular complexity index is 178. The van der Waals surface area contributed by atoms with Gasteiger partial charge in [-0.05, 0) is 6.08 Å². The number of hydrogen-bond donors (Lipinski definition) is 0. The number of allylic oxidation sites excluding steroid dienone is 2. The average molecular weight is 154 g/mol. The van der Waals surface area contributed by atoms with E-state index < -0.39 is 5.79 Å². The molecular weight excluding hydrogens is 140 g/mol. The Kier molecular flexibility index (Phi) is 2.47. The summed E-state index contributed by atoms with van der Waals surface area (Å²) < 4.78 is 10.6. The molecule has 0 aliphatic heterocycles. The third kappa shape index (κ3) is 1.37. The van der Waals surface area contributed by atoms with Crippen LogP contribution in [0, 0.1) is 5.92 Å². The van der Waals surface area contributed by atoms with E-state index in [1.165, 1.54) is 0 Å². The second kappa shape index (κ2) is 3.20. The summed E-state index contributed by atoms with van der Waals surface area (Å²) in [5.41, 5.74) is 0. The van der Waals surface area contributed by atoms with Crippen molar-refractivity contribution in [1.82, 2.24) is 0 Å². The minimum atomic E-state index is -0.547. The van der Waals surface area contributed by atoms with Gasteiger partial charge < -0.3 is 9.47 Å². The second-order valence-corrected chi connectivity index (χ2v) is 2.66. The van der Waals surface area contributed by atoms with Crippen LogP contribution in [0.15, 0.2) is 24.3 Å². The van der Waals surface area contributed by atoms with Gasteiger partial charge in [-0.25, -0.2) is 0 Å². The lowest BCUT2D eigenvalue weighted by molar-refractivity contribution is -0.191. The molecule has 62 valence electrons. The molecule has 2 nitrogen and oxygen atoms in total. The van der Waals surface area contributed by atoms with Crippen LogP contribution in [0.1, 0.15) is 6.92 Å². The summed E-state index contributed by atoms with van der Waals surface area (Å²) in [7, 11) is 3.31. The zero-order valence-corrected chi connectivity index (χ0v) is 7.20. The van der Waals surface area contributed by atoms with Gasteiger partial charge in [0.05, 0.1) is 0 Å². The number of hydrogen-bond acceptors (Lipinski definition) is 2. The molecule has 0 bridgehead atoms. The SMILES string of the molecule is COC1(OC)C=CC=CC1C. The lowest BCUT2D eigenvalue weighted by atomic mass is 9.96. The highest BCUT2D eigenvalue weighted by atomic mass is 16.7. The van der Waals surface area contributed by atoms with Crippen molar-refractivity contribution in [2.75, 3.05) is 14.2 Å². The molecule has 1 aliphatic rings. The molecule has 0 saturated heterocycles. The molecule has 1 aliphatic carbocycles. The Hall–Kier alpha value is -0.600. The second-order valence-electron chi connectivity index (χ2n) is 2.66. The quantitative estimate of drug-likeness (QED) is 0.564. The van der Waals surface area contributed by atoms with Crippen molar-refractivity contribution in [3.63, 3.8) is 0 Å². The van der Waals surface area contributed by atoms with Crippen LogP contribution in [0.5, 0.6) is 0 Å². The third-order valence-corrected chi connectivity index (χ3v) is 2.11. The molecule has 0 fully saturated rings. The molecule has 11 heavy (non-hydrogen) atoms. The maximum absolute atomic E-state index is 5.28. The predicted octanol–water partition coefficient (Wildman–Crippen LogP) is 1.74. The molecule has 1 unspecified atom stereocenters. The van der Waals surface area contributed by atoms with Gasteiger partial charge in [0.25, 0.3) is 0 Å². The van der Waals surface area contributed by atoms with E-state index in [0.29, 0.717) is 0 Å². The van der Waals surface area contributed by atoms with E-state index >= 15 is 0 Å². The molecule has 1 rings (SSSR count). The molecule has 2 heteroatoms. The monoisotopic (exact) mass is 154 g/mol. The number of methoxy groups -OCH3 is 2. The van der Waals surface area contributed by atoms with E-state index in [4.69, 9.17) is 9.47 Å². The van der Waals surface area contributed by atoms with Crippen LogP contribution >= 0.6 is 0 Å². The fraction of sp³-hybridized carbons (Fsp3) is 0.556. The van der Waals surface area contributed by atoms with E-state index in [1.807, 2.05) is 18.2 Å². The van der Waals surface area contributed by atoms with Crippen molar-refractivity contribution in [2.45, 2.75) is 12.7 Å². The lowest BCUT2D eigenvalue weighted by Crippen LogP contribution is -2.38. The van der Waals surface area contributed by atoms with Crippen LogP contribution in [0.3, 0.4) is 0 Å². The van der Waals surface area contributed by atoms with Gasteiger partial charge in [-0.2, -0.15) is 0 Å². The fourth-order valence-corrected chi connectivity index (χ4v) is 1.30. The Balaban J connectivity index is 2.82. The van der Waals surface area contributed by atoms with Gasteiger partial charge in [0, 0.05) is 20.1 Å². The molecule has 0 heterocycles. The van der Waals surface area contributed by atoms with Gasteiger partial charge in [0.15, 0.2) is 5.79 Å². The Morgan fingerprint density at radius 1 is 1.18 bits per heavy atom. The lowest BCUT2D eigenvalue weighted by Gasteiger charge is -2.33. The van der Waals surface area contributed by atoms with E-state index in [-0.39, 0.29) is 5.92 Å². The maximum Gasteiger partial charge on any atom is 0.193 e. The smallest absolute Gasteiger partial charge is 0.193 e. The maximum atomic E-state index is 5.28. The standard InChI is InChI=1S/C9H14O2/c1-8-6-4-5-7-9(8,10-2)11-3/h4-8H,1-3H3. The molecule has 0 saturated carbocycles. The van der Waals surface area contributed by atoms with Crippen molar-refractivity contribution in [2.24, 2.45) is 5.92 Å². The highest BCUT2D eigenvalue weighted by Crippen LogP contribution is 2.27. The topological polar surface area (TPSA) is 18.5 Å². The van der Waals surface area contributed by atoms with Gasteiger partial charge in [-0.3, -0.25) is 0 Å². The molecular formula is C9H14O2. The molecule has 1 atom stereocenters. The molecule has 0 amide bonds. The fourth-order valence-electron chi connectivity index (χ4n) is 1.30. The predicted molar refractivity (Wildman–Crippen MR) is 44.2 cm³/mol. The van der Waals surface area contributed by atoms with Crippen molar-refractivity contribution in [3.8, 4) is 0 Å². The largest absolute Gasteiger partial charge is 0.349 e. The number of rotatable bonds is 2. The highest BCUT2D eigenvalue weighted by Gasteiger charge is 2.32. The minimum absolute atomic E-state index is 0.266. The molecule has 0 aromatic rings. The van der Waals surface area contributed by atoms with Gasteiger partial charge in [0.1, 0.15) is 0 Å². The first-order valence-corrected chi connectivity index (χ1v) is 3.71. The Morgan fingerprint density at radius 2 is 1.82 bits per heavy atom. The van der Waals surface area contributed by atoms with Crippen molar-refractivity contribution in [1.29, 1.82) is 0 Å². The molecule has 0 radical (unpaired) electrons. The Labute approximate surface area is 67.5 Å². The molecule has 0 aromatic heterocycles.